The first kappa shape index (κ1) is 20.1. The minimum Gasteiger partial charge on any atom is -0.393 e. The molecule has 0 aliphatic heterocycles. The van der Waals surface area contributed by atoms with Crippen LogP contribution in [0.5, 0.6) is 0 Å². The van der Waals surface area contributed by atoms with Crippen LogP contribution in [0.1, 0.15) is 36.6 Å². The average molecular weight is 402 g/mol. The number of aliphatic hydroxyl groups excluding tert-OH is 1. The zero-order valence-electron chi connectivity index (χ0n) is 15.7. The number of aromatic nitrogens is 3. The van der Waals surface area contributed by atoms with Gasteiger partial charge in [-0.15, -0.1) is 0 Å². The number of primary amides is 1. The Morgan fingerprint density at radius 1 is 1.32 bits per heavy atom. The summed E-state index contributed by atoms with van der Waals surface area (Å²) in [4.78, 5) is 15.7. The number of rotatable bonds is 8. The molecule has 0 fully saturated rings. The highest BCUT2D eigenvalue weighted by Crippen LogP contribution is 2.24. The summed E-state index contributed by atoms with van der Waals surface area (Å²) in [7, 11) is 1.84. The van der Waals surface area contributed by atoms with Crippen LogP contribution in [-0.4, -0.2) is 32.0 Å². The molecule has 2 amide bonds. The summed E-state index contributed by atoms with van der Waals surface area (Å²) in [5, 5.41) is 18.8. The molecule has 2 heterocycles. The van der Waals surface area contributed by atoms with E-state index in [0.717, 1.165) is 28.6 Å². The van der Waals surface area contributed by atoms with E-state index in [1.165, 1.54) is 0 Å². The number of urea groups is 1. The van der Waals surface area contributed by atoms with Crippen LogP contribution in [0.25, 0.3) is 10.9 Å². The molecule has 0 spiro atoms. The average Bonchev–Trinajstić information content (AvgIpc) is 3.02. The van der Waals surface area contributed by atoms with Crippen molar-refractivity contribution in [2.45, 2.75) is 37.8 Å². The highest BCUT2D eigenvalue weighted by molar-refractivity contribution is 6.30. The van der Waals surface area contributed by atoms with Crippen LogP contribution < -0.4 is 11.1 Å². The van der Waals surface area contributed by atoms with Gasteiger partial charge < -0.3 is 16.2 Å². The van der Waals surface area contributed by atoms with E-state index in [-0.39, 0.29) is 6.04 Å². The van der Waals surface area contributed by atoms with Gasteiger partial charge in [0.2, 0.25) is 0 Å². The number of nitrogens with one attached hydrogen (secondary N) is 1. The molecule has 2 unspecified atom stereocenters. The molecule has 0 aliphatic carbocycles. The topological polar surface area (TPSA) is 106 Å². The molecule has 2 aromatic heterocycles. The Balaban J connectivity index is 1.61. The first-order valence-electron chi connectivity index (χ1n) is 9.20. The summed E-state index contributed by atoms with van der Waals surface area (Å²) in [6.45, 7) is 0. The van der Waals surface area contributed by atoms with E-state index in [9.17, 15) is 9.90 Å². The van der Waals surface area contributed by atoms with Crippen LogP contribution in [0.4, 0.5) is 4.79 Å². The second-order valence-corrected chi connectivity index (χ2v) is 7.25. The fourth-order valence-electron chi connectivity index (χ4n) is 3.46. The Labute approximate surface area is 168 Å². The molecule has 148 valence electrons. The normalized spacial score (nSPS) is 13.4. The van der Waals surface area contributed by atoms with Crippen LogP contribution >= 0.6 is 11.6 Å². The first-order valence-corrected chi connectivity index (χ1v) is 9.58. The third kappa shape index (κ3) is 4.99. The number of hydrogen-bond donors (Lipinski definition) is 3. The monoisotopic (exact) mass is 401 g/mol. The zero-order chi connectivity index (χ0) is 20.1. The lowest BCUT2D eigenvalue weighted by Crippen LogP contribution is -2.33. The van der Waals surface area contributed by atoms with E-state index in [0.29, 0.717) is 24.4 Å². The van der Waals surface area contributed by atoms with Gasteiger partial charge in [0.25, 0.3) is 0 Å². The van der Waals surface area contributed by atoms with Gasteiger partial charge in [-0.25, -0.2) is 9.78 Å². The second kappa shape index (κ2) is 9.03. The number of pyridine rings is 1. The molecular weight excluding hydrogens is 378 g/mol. The maximum atomic E-state index is 11.3. The molecule has 1 aromatic carbocycles. The molecule has 7 nitrogen and oxygen atoms in total. The molecule has 28 heavy (non-hydrogen) atoms. The maximum absolute atomic E-state index is 11.3. The van der Waals surface area contributed by atoms with Crippen molar-refractivity contribution in [3.8, 4) is 0 Å². The summed E-state index contributed by atoms with van der Waals surface area (Å²) in [6, 6.07) is 10.7. The molecule has 3 rings (SSSR count). The van der Waals surface area contributed by atoms with Crippen molar-refractivity contribution in [3.05, 3.63) is 59.0 Å². The van der Waals surface area contributed by atoms with Gasteiger partial charge in [-0.05, 0) is 30.9 Å². The molecule has 0 radical (unpaired) electrons. The number of amides is 2. The Bertz CT molecular complexity index is 944. The lowest BCUT2D eigenvalue weighted by Gasteiger charge is -2.19. The van der Waals surface area contributed by atoms with Crippen LogP contribution in [0.3, 0.4) is 0 Å². The maximum Gasteiger partial charge on any atom is 0.312 e. The number of hydrogen-bond acceptors (Lipinski definition) is 4. The van der Waals surface area contributed by atoms with Crippen molar-refractivity contribution in [1.29, 1.82) is 0 Å². The number of benzene rings is 1. The lowest BCUT2D eigenvalue weighted by atomic mass is 9.98. The SMILES string of the molecule is Cn1ncc2cc(Cl)nc(CC(O)CCCC(NC(N)=O)c3ccccc3)c21. The fourth-order valence-corrected chi connectivity index (χ4v) is 3.68. The first-order chi connectivity index (χ1) is 13.4. The molecule has 3 aromatic rings. The zero-order valence-corrected chi connectivity index (χ0v) is 16.4. The van der Waals surface area contributed by atoms with Crippen molar-refractivity contribution < 1.29 is 9.90 Å². The molecule has 0 saturated heterocycles. The van der Waals surface area contributed by atoms with E-state index >= 15 is 0 Å². The van der Waals surface area contributed by atoms with Gasteiger partial charge in [-0.2, -0.15) is 5.10 Å². The van der Waals surface area contributed by atoms with Crippen LogP contribution in [-0.2, 0) is 13.5 Å². The number of fused-ring (bicyclic) bond motifs is 1. The van der Waals surface area contributed by atoms with Crippen molar-refractivity contribution in [2.24, 2.45) is 12.8 Å². The minimum absolute atomic E-state index is 0.182. The van der Waals surface area contributed by atoms with E-state index in [1.54, 1.807) is 16.9 Å². The van der Waals surface area contributed by atoms with Gasteiger partial charge in [0.1, 0.15) is 5.15 Å². The van der Waals surface area contributed by atoms with Crippen molar-refractivity contribution in [2.75, 3.05) is 0 Å². The number of aryl methyl sites for hydroxylation is 1. The molecule has 2 atom stereocenters. The summed E-state index contributed by atoms with van der Waals surface area (Å²) in [5.41, 5.74) is 7.90. The highest BCUT2D eigenvalue weighted by atomic mass is 35.5. The number of carbonyl (C=O) groups is 1. The Morgan fingerprint density at radius 3 is 2.79 bits per heavy atom. The second-order valence-electron chi connectivity index (χ2n) is 6.86. The third-order valence-electron chi connectivity index (χ3n) is 4.73. The van der Waals surface area contributed by atoms with Gasteiger partial charge in [0.05, 0.1) is 29.6 Å². The number of nitrogens with two attached hydrogens (primary N) is 1. The van der Waals surface area contributed by atoms with Gasteiger partial charge in [-0.3, -0.25) is 4.68 Å². The van der Waals surface area contributed by atoms with Crippen LogP contribution in [0.15, 0.2) is 42.6 Å². The third-order valence-corrected chi connectivity index (χ3v) is 4.93. The van der Waals surface area contributed by atoms with E-state index in [1.807, 2.05) is 37.4 Å². The molecule has 0 aliphatic rings. The molecule has 8 heteroatoms. The van der Waals surface area contributed by atoms with Crippen molar-refractivity contribution in [1.82, 2.24) is 20.1 Å². The summed E-state index contributed by atoms with van der Waals surface area (Å²) in [6.07, 6.45) is 3.50. The number of nitrogens with zero attached hydrogens (tertiary/aromatic N) is 3. The molecule has 0 saturated carbocycles. The van der Waals surface area contributed by atoms with Gasteiger partial charge in [-0.1, -0.05) is 41.9 Å². The Morgan fingerprint density at radius 2 is 2.07 bits per heavy atom. The predicted octanol–water partition coefficient (Wildman–Crippen LogP) is 3.11. The summed E-state index contributed by atoms with van der Waals surface area (Å²) >= 11 is 6.10. The van der Waals surface area contributed by atoms with Crippen LogP contribution in [0.2, 0.25) is 5.15 Å². The van der Waals surface area contributed by atoms with E-state index in [4.69, 9.17) is 17.3 Å². The van der Waals surface area contributed by atoms with Gasteiger partial charge in [0, 0.05) is 18.9 Å². The minimum atomic E-state index is -0.575. The number of aliphatic hydroxyl groups is 1. The smallest absolute Gasteiger partial charge is 0.312 e. The number of carbonyl (C=O) groups excluding carboxylic acids is 1. The summed E-state index contributed by atoms with van der Waals surface area (Å²) in [5.74, 6) is 0. The Hall–Kier alpha value is -2.64. The van der Waals surface area contributed by atoms with E-state index in [2.05, 4.69) is 15.4 Å². The van der Waals surface area contributed by atoms with Crippen molar-refractivity contribution >= 4 is 28.5 Å². The van der Waals surface area contributed by atoms with E-state index < -0.39 is 12.1 Å². The predicted molar refractivity (Wildman–Crippen MR) is 109 cm³/mol. The number of halogens is 1. The Kier molecular flexibility index (Phi) is 6.49. The highest BCUT2D eigenvalue weighted by Gasteiger charge is 2.16. The van der Waals surface area contributed by atoms with Gasteiger partial charge in [0.15, 0.2) is 0 Å². The van der Waals surface area contributed by atoms with Crippen molar-refractivity contribution in [3.63, 3.8) is 0 Å². The van der Waals surface area contributed by atoms with Crippen LogP contribution in [0, 0.1) is 0 Å². The molecule has 0 bridgehead atoms. The molecule has 4 N–H and O–H groups in total. The standard InChI is InChI=1S/C20H24ClN5O2/c1-26-19-14(12-23-26)10-18(21)24-17(19)11-15(27)8-5-9-16(25-20(22)28)13-6-3-2-4-7-13/h2-4,6-7,10,12,15-16,27H,5,8-9,11H2,1H3,(H3,22,25,28). The molecular formula is C20H24ClN5O2. The van der Waals surface area contributed by atoms with Gasteiger partial charge >= 0.3 is 6.03 Å². The largest absolute Gasteiger partial charge is 0.393 e. The summed E-state index contributed by atoms with van der Waals surface area (Å²) < 4.78 is 1.74. The lowest BCUT2D eigenvalue weighted by molar-refractivity contribution is 0.159. The fraction of sp³-hybridized carbons (Fsp3) is 0.350. The quantitative estimate of drug-likeness (QED) is 0.504.